The fraction of sp³-hybridized carbons (Fsp3) is 0.0625. The summed E-state index contributed by atoms with van der Waals surface area (Å²) < 4.78 is 2.74. The number of carbonyl (C=O) groups is 1. The fourth-order valence-corrected chi connectivity index (χ4v) is 3.24. The number of nitrogens with one attached hydrogen (secondary N) is 1. The summed E-state index contributed by atoms with van der Waals surface area (Å²) in [4.78, 5) is 12.4. The summed E-state index contributed by atoms with van der Waals surface area (Å²) in [5, 5.41) is 8.24. The molecule has 1 aromatic carbocycles. The van der Waals surface area contributed by atoms with Crippen LogP contribution in [0.15, 0.2) is 63.7 Å². The van der Waals surface area contributed by atoms with Crippen molar-refractivity contribution < 1.29 is 4.79 Å². The van der Waals surface area contributed by atoms with Gasteiger partial charge in [-0.3, -0.25) is 9.48 Å². The number of benzene rings is 1. The van der Waals surface area contributed by atoms with Gasteiger partial charge in [-0.25, -0.2) is 5.43 Å². The molecule has 0 aliphatic rings. The molecule has 23 heavy (non-hydrogen) atoms. The molecule has 5 nitrogen and oxygen atoms in total. The molecule has 2 heterocycles. The Hall–Kier alpha value is -2.25. The number of aromatic nitrogens is 2. The summed E-state index contributed by atoms with van der Waals surface area (Å²) in [6.45, 7) is 0.699. The molecule has 0 aliphatic carbocycles. The molecule has 116 valence electrons. The van der Waals surface area contributed by atoms with Crippen LogP contribution in [0.4, 0.5) is 0 Å². The molecule has 1 N–H and O–H groups in total. The third-order valence-corrected chi connectivity index (χ3v) is 4.64. The smallest absolute Gasteiger partial charge is 0.268 e. The van der Waals surface area contributed by atoms with E-state index in [0.29, 0.717) is 11.4 Å². The van der Waals surface area contributed by atoms with Gasteiger partial charge in [-0.05, 0) is 33.6 Å². The molecule has 0 saturated heterocycles. The van der Waals surface area contributed by atoms with Gasteiger partial charge >= 0.3 is 0 Å². The fourth-order valence-electron chi connectivity index (χ4n) is 1.96. The van der Waals surface area contributed by atoms with Crippen LogP contribution in [0.5, 0.6) is 0 Å². The van der Waals surface area contributed by atoms with Gasteiger partial charge < -0.3 is 0 Å². The highest BCUT2D eigenvalue weighted by molar-refractivity contribution is 9.11. The van der Waals surface area contributed by atoms with Crippen molar-refractivity contribution in [2.75, 3.05) is 0 Å². The predicted octanol–water partition coefficient (Wildman–Crippen LogP) is 3.52. The van der Waals surface area contributed by atoms with E-state index in [1.807, 2.05) is 35.1 Å². The Labute approximate surface area is 145 Å². The molecule has 0 bridgehead atoms. The van der Waals surface area contributed by atoms with Gasteiger partial charge in [0, 0.05) is 11.8 Å². The van der Waals surface area contributed by atoms with Crippen molar-refractivity contribution in [1.82, 2.24) is 15.2 Å². The molecular weight excluding hydrogens is 376 g/mol. The number of carbonyl (C=O) groups excluding carboxylic acids is 1. The molecule has 0 radical (unpaired) electrons. The summed E-state index contributed by atoms with van der Waals surface area (Å²) in [5.41, 5.74) is 4.51. The number of rotatable bonds is 5. The van der Waals surface area contributed by atoms with Gasteiger partial charge in [-0.2, -0.15) is 10.2 Å². The minimum absolute atomic E-state index is 0.228. The molecule has 0 saturated carbocycles. The van der Waals surface area contributed by atoms with E-state index in [1.165, 1.54) is 16.9 Å². The van der Waals surface area contributed by atoms with Crippen molar-refractivity contribution in [3.05, 3.63) is 74.6 Å². The van der Waals surface area contributed by atoms with E-state index in [4.69, 9.17) is 0 Å². The largest absolute Gasteiger partial charge is 0.281 e. The molecule has 0 atom stereocenters. The first kappa shape index (κ1) is 15.6. The van der Waals surface area contributed by atoms with Gasteiger partial charge in [0.25, 0.3) is 5.91 Å². The molecule has 3 rings (SSSR count). The Kier molecular flexibility index (Phi) is 4.99. The first-order chi connectivity index (χ1) is 11.2. The van der Waals surface area contributed by atoms with E-state index >= 15 is 0 Å². The standard InChI is InChI=1S/C16H13BrN4OS/c17-15-7-6-14(23-15)16(22)20-18-8-13-9-19-21(11-13)10-12-4-2-1-3-5-12/h1-9,11H,10H2,(H,20,22)/b18-8-. The zero-order chi connectivity index (χ0) is 16.1. The van der Waals surface area contributed by atoms with E-state index in [9.17, 15) is 4.79 Å². The van der Waals surface area contributed by atoms with E-state index in [2.05, 4.69) is 43.7 Å². The van der Waals surface area contributed by atoms with Crippen LogP contribution in [0.1, 0.15) is 20.8 Å². The molecule has 1 amide bonds. The normalized spacial score (nSPS) is 11.0. The van der Waals surface area contributed by atoms with Crippen LogP contribution >= 0.6 is 27.3 Å². The summed E-state index contributed by atoms with van der Waals surface area (Å²) >= 11 is 4.69. The van der Waals surface area contributed by atoms with Crippen LogP contribution < -0.4 is 5.43 Å². The predicted molar refractivity (Wildman–Crippen MR) is 94.9 cm³/mol. The lowest BCUT2D eigenvalue weighted by Gasteiger charge is -2.00. The highest BCUT2D eigenvalue weighted by Gasteiger charge is 2.06. The molecule has 0 fully saturated rings. The molecule has 0 aliphatic heterocycles. The van der Waals surface area contributed by atoms with Gasteiger partial charge in [-0.1, -0.05) is 30.3 Å². The monoisotopic (exact) mass is 388 g/mol. The second kappa shape index (κ2) is 7.34. The lowest BCUT2D eigenvalue weighted by molar-refractivity contribution is 0.0959. The zero-order valence-electron chi connectivity index (χ0n) is 12.0. The third-order valence-electron chi connectivity index (χ3n) is 3.02. The second-order valence-electron chi connectivity index (χ2n) is 4.76. The van der Waals surface area contributed by atoms with Crippen LogP contribution in [0, 0.1) is 0 Å². The minimum Gasteiger partial charge on any atom is -0.268 e. The van der Waals surface area contributed by atoms with Crippen LogP contribution in [-0.2, 0) is 6.54 Å². The number of nitrogens with zero attached hydrogens (tertiary/aromatic N) is 3. The van der Waals surface area contributed by atoms with Crippen molar-refractivity contribution in [3.8, 4) is 0 Å². The van der Waals surface area contributed by atoms with E-state index in [0.717, 1.165) is 9.35 Å². The van der Waals surface area contributed by atoms with Crippen molar-refractivity contribution in [2.24, 2.45) is 5.10 Å². The van der Waals surface area contributed by atoms with Gasteiger partial charge in [0.05, 0.1) is 27.6 Å². The number of halogens is 1. The Bertz CT molecular complexity index is 825. The summed E-state index contributed by atoms with van der Waals surface area (Å²) in [7, 11) is 0. The maximum Gasteiger partial charge on any atom is 0.281 e. The van der Waals surface area contributed by atoms with Gasteiger partial charge in [0.2, 0.25) is 0 Å². The maximum atomic E-state index is 11.8. The molecule has 2 aromatic heterocycles. The lowest BCUT2D eigenvalue weighted by atomic mass is 10.2. The Balaban J connectivity index is 1.57. The number of hydrogen-bond donors (Lipinski definition) is 1. The second-order valence-corrected chi connectivity index (χ2v) is 7.22. The SMILES string of the molecule is O=C(N/N=C\c1cnn(Cc2ccccc2)c1)c1ccc(Br)s1. The first-order valence-electron chi connectivity index (χ1n) is 6.86. The van der Waals surface area contributed by atoms with Crippen LogP contribution in [0.3, 0.4) is 0 Å². The van der Waals surface area contributed by atoms with Crippen molar-refractivity contribution in [3.63, 3.8) is 0 Å². The average Bonchev–Trinajstić information content (AvgIpc) is 3.17. The Morgan fingerprint density at radius 3 is 2.87 bits per heavy atom. The first-order valence-corrected chi connectivity index (χ1v) is 8.47. The molecule has 3 aromatic rings. The number of amides is 1. The summed E-state index contributed by atoms with van der Waals surface area (Å²) in [6.07, 6.45) is 5.17. The highest BCUT2D eigenvalue weighted by Crippen LogP contribution is 2.21. The van der Waals surface area contributed by atoms with E-state index < -0.39 is 0 Å². The minimum atomic E-state index is -0.228. The number of hydrazone groups is 1. The number of hydrogen-bond acceptors (Lipinski definition) is 4. The molecular formula is C16H13BrN4OS. The highest BCUT2D eigenvalue weighted by atomic mass is 79.9. The summed E-state index contributed by atoms with van der Waals surface area (Å²) in [6, 6.07) is 13.7. The van der Waals surface area contributed by atoms with Crippen molar-refractivity contribution in [2.45, 2.75) is 6.54 Å². The Morgan fingerprint density at radius 1 is 1.30 bits per heavy atom. The van der Waals surface area contributed by atoms with Crippen LogP contribution in [0.2, 0.25) is 0 Å². The molecule has 0 unspecified atom stereocenters. The molecule has 0 spiro atoms. The van der Waals surface area contributed by atoms with Crippen molar-refractivity contribution >= 4 is 39.4 Å². The maximum absolute atomic E-state index is 11.8. The van der Waals surface area contributed by atoms with Gasteiger partial charge in [0.15, 0.2) is 0 Å². The van der Waals surface area contributed by atoms with Gasteiger partial charge in [-0.15, -0.1) is 11.3 Å². The molecule has 7 heteroatoms. The number of thiophene rings is 1. The van der Waals surface area contributed by atoms with Crippen LogP contribution in [0.25, 0.3) is 0 Å². The summed E-state index contributed by atoms with van der Waals surface area (Å²) in [5.74, 6) is -0.228. The quantitative estimate of drug-likeness (QED) is 0.536. The third kappa shape index (κ3) is 4.37. The van der Waals surface area contributed by atoms with Crippen molar-refractivity contribution in [1.29, 1.82) is 0 Å². The topological polar surface area (TPSA) is 59.3 Å². The zero-order valence-corrected chi connectivity index (χ0v) is 14.4. The van der Waals surface area contributed by atoms with E-state index in [1.54, 1.807) is 18.5 Å². The van der Waals surface area contributed by atoms with Gasteiger partial charge in [0.1, 0.15) is 0 Å². The van der Waals surface area contributed by atoms with E-state index in [-0.39, 0.29) is 5.91 Å². The Morgan fingerprint density at radius 2 is 2.13 bits per heavy atom. The lowest BCUT2D eigenvalue weighted by Crippen LogP contribution is -2.15. The van der Waals surface area contributed by atoms with Crippen LogP contribution in [-0.4, -0.2) is 21.9 Å². The average molecular weight is 389 g/mol.